The first-order valence-corrected chi connectivity index (χ1v) is 9.32. The van der Waals surface area contributed by atoms with E-state index in [2.05, 4.69) is 15.2 Å². The van der Waals surface area contributed by atoms with Gasteiger partial charge in [0, 0.05) is 18.8 Å². The standard InChI is InChI=1S/C20H27FN4O/c1-15-16(2)25(14-23-15)13-10-22-20(26)19(24-11-4-3-5-12-24)17-6-8-18(21)9-7-17/h6-9,14,19H,3-5,10-13H2,1-2H3,(H,22,26)/t19-/m0/s1. The van der Waals surface area contributed by atoms with Crippen LogP contribution in [-0.2, 0) is 11.3 Å². The fourth-order valence-electron chi connectivity index (χ4n) is 3.52. The number of imidazole rings is 1. The Balaban J connectivity index is 1.67. The van der Waals surface area contributed by atoms with Crippen molar-refractivity contribution < 1.29 is 9.18 Å². The topological polar surface area (TPSA) is 50.2 Å². The van der Waals surface area contributed by atoms with E-state index in [0.717, 1.165) is 42.9 Å². The van der Waals surface area contributed by atoms with Gasteiger partial charge in [-0.3, -0.25) is 9.69 Å². The Labute approximate surface area is 154 Å². The summed E-state index contributed by atoms with van der Waals surface area (Å²) >= 11 is 0. The maximum atomic E-state index is 13.3. The molecule has 0 unspecified atom stereocenters. The minimum Gasteiger partial charge on any atom is -0.353 e. The Morgan fingerprint density at radius 3 is 2.50 bits per heavy atom. The van der Waals surface area contributed by atoms with E-state index in [9.17, 15) is 9.18 Å². The lowest BCUT2D eigenvalue weighted by atomic mass is 10.0. The molecule has 140 valence electrons. The van der Waals surface area contributed by atoms with Crippen molar-refractivity contribution in [1.29, 1.82) is 0 Å². The van der Waals surface area contributed by atoms with Gasteiger partial charge in [0.15, 0.2) is 0 Å². The van der Waals surface area contributed by atoms with E-state index in [1.807, 2.05) is 18.4 Å². The van der Waals surface area contributed by atoms with Crippen LogP contribution in [0.5, 0.6) is 0 Å². The van der Waals surface area contributed by atoms with Crippen LogP contribution in [0, 0.1) is 19.7 Å². The Hall–Kier alpha value is -2.21. The van der Waals surface area contributed by atoms with E-state index in [-0.39, 0.29) is 17.8 Å². The molecule has 1 saturated heterocycles. The van der Waals surface area contributed by atoms with E-state index in [4.69, 9.17) is 0 Å². The molecule has 26 heavy (non-hydrogen) atoms. The monoisotopic (exact) mass is 358 g/mol. The van der Waals surface area contributed by atoms with Gasteiger partial charge in [0.05, 0.1) is 12.0 Å². The predicted molar refractivity (Wildman–Crippen MR) is 99.3 cm³/mol. The second-order valence-electron chi connectivity index (χ2n) is 6.95. The van der Waals surface area contributed by atoms with Crippen LogP contribution in [0.15, 0.2) is 30.6 Å². The van der Waals surface area contributed by atoms with E-state index < -0.39 is 0 Å². The van der Waals surface area contributed by atoms with Crippen molar-refractivity contribution in [2.24, 2.45) is 0 Å². The van der Waals surface area contributed by atoms with Crippen LogP contribution >= 0.6 is 0 Å². The van der Waals surface area contributed by atoms with Crippen molar-refractivity contribution in [3.8, 4) is 0 Å². The Morgan fingerprint density at radius 2 is 1.88 bits per heavy atom. The highest BCUT2D eigenvalue weighted by atomic mass is 19.1. The van der Waals surface area contributed by atoms with Gasteiger partial charge in [-0.15, -0.1) is 0 Å². The number of nitrogens with one attached hydrogen (secondary N) is 1. The van der Waals surface area contributed by atoms with Crippen LogP contribution in [0.25, 0.3) is 0 Å². The first kappa shape index (κ1) is 18.6. The van der Waals surface area contributed by atoms with Crippen molar-refractivity contribution >= 4 is 5.91 Å². The molecule has 1 aromatic carbocycles. The third kappa shape index (κ3) is 4.30. The quantitative estimate of drug-likeness (QED) is 0.864. The summed E-state index contributed by atoms with van der Waals surface area (Å²) < 4.78 is 15.3. The number of hydrogen-bond donors (Lipinski definition) is 1. The summed E-state index contributed by atoms with van der Waals surface area (Å²) in [5.74, 6) is -0.300. The van der Waals surface area contributed by atoms with Crippen LogP contribution in [0.4, 0.5) is 4.39 Å². The second-order valence-corrected chi connectivity index (χ2v) is 6.95. The van der Waals surface area contributed by atoms with E-state index >= 15 is 0 Å². The largest absolute Gasteiger partial charge is 0.353 e. The van der Waals surface area contributed by atoms with Gasteiger partial charge in [-0.2, -0.15) is 0 Å². The molecule has 0 spiro atoms. The molecule has 0 radical (unpaired) electrons. The van der Waals surface area contributed by atoms with Crippen molar-refractivity contribution in [1.82, 2.24) is 19.8 Å². The lowest BCUT2D eigenvalue weighted by Crippen LogP contribution is -2.43. The summed E-state index contributed by atoms with van der Waals surface area (Å²) in [5.41, 5.74) is 2.97. The number of rotatable bonds is 6. The molecule has 1 amide bonds. The maximum Gasteiger partial charge on any atom is 0.242 e. The zero-order valence-corrected chi connectivity index (χ0v) is 15.5. The van der Waals surface area contributed by atoms with Crippen molar-refractivity contribution in [2.75, 3.05) is 19.6 Å². The average molecular weight is 358 g/mol. The zero-order valence-electron chi connectivity index (χ0n) is 15.5. The molecule has 1 aliphatic rings. The van der Waals surface area contributed by atoms with Gasteiger partial charge in [-0.05, 0) is 57.5 Å². The van der Waals surface area contributed by atoms with Crippen molar-refractivity contribution in [3.05, 3.63) is 53.4 Å². The maximum absolute atomic E-state index is 13.3. The van der Waals surface area contributed by atoms with Gasteiger partial charge in [0.1, 0.15) is 11.9 Å². The predicted octanol–water partition coefficient (Wildman–Crippen LogP) is 2.98. The smallest absolute Gasteiger partial charge is 0.242 e. The van der Waals surface area contributed by atoms with Crippen LogP contribution in [0.3, 0.4) is 0 Å². The minimum absolute atomic E-state index is 0.0204. The highest BCUT2D eigenvalue weighted by Gasteiger charge is 2.28. The third-order valence-electron chi connectivity index (χ3n) is 5.19. The Bertz CT molecular complexity index is 735. The third-order valence-corrected chi connectivity index (χ3v) is 5.19. The molecule has 0 bridgehead atoms. The molecular weight excluding hydrogens is 331 g/mol. The molecular formula is C20H27FN4O. The highest BCUT2D eigenvalue weighted by Crippen LogP contribution is 2.25. The average Bonchev–Trinajstić information content (AvgIpc) is 2.97. The van der Waals surface area contributed by atoms with E-state index in [1.54, 1.807) is 18.5 Å². The molecule has 1 aromatic heterocycles. The molecule has 1 aliphatic heterocycles. The SMILES string of the molecule is Cc1ncn(CCNC(=O)[C@H](c2ccc(F)cc2)N2CCCCC2)c1C. The molecule has 1 fully saturated rings. The van der Waals surface area contributed by atoms with Crippen LogP contribution < -0.4 is 5.32 Å². The number of carbonyl (C=O) groups is 1. The number of nitrogens with zero attached hydrogens (tertiary/aromatic N) is 3. The van der Waals surface area contributed by atoms with Crippen molar-refractivity contribution in [2.45, 2.75) is 45.7 Å². The number of piperidine rings is 1. The summed E-state index contributed by atoms with van der Waals surface area (Å²) in [5, 5.41) is 3.06. The number of aryl methyl sites for hydroxylation is 1. The molecule has 3 rings (SSSR count). The summed E-state index contributed by atoms with van der Waals surface area (Å²) in [7, 11) is 0. The van der Waals surface area contributed by atoms with E-state index in [0.29, 0.717) is 13.1 Å². The Kier molecular flexibility index (Phi) is 6.04. The summed E-state index contributed by atoms with van der Waals surface area (Å²) in [6, 6.07) is 5.94. The van der Waals surface area contributed by atoms with Gasteiger partial charge in [0.25, 0.3) is 0 Å². The van der Waals surface area contributed by atoms with Gasteiger partial charge in [-0.25, -0.2) is 9.37 Å². The molecule has 1 atom stereocenters. The molecule has 5 nitrogen and oxygen atoms in total. The summed E-state index contributed by atoms with van der Waals surface area (Å²) in [4.78, 5) is 19.4. The number of benzene rings is 1. The first-order chi connectivity index (χ1) is 12.6. The van der Waals surface area contributed by atoms with Gasteiger partial charge in [0.2, 0.25) is 5.91 Å². The molecule has 6 heteroatoms. The Morgan fingerprint density at radius 1 is 1.19 bits per heavy atom. The fourth-order valence-corrected chi connectivity index (χ4v) is 3.52. The molecule has 2 heterocycles. The fraction of sp³-hybridized carbons (Fsp3) is 0.500. The van der Waals surface area contributed by atoms with Gasteiger partial charge < -0.3 is 9.88 Å². The van der Waals surface area contributed by atoms with Crippen LogP contribution in [0.2, 0.25) is 0 Å². The molecule has 1 N–H and O–H groups in total. The molecule has 0 saturated carbocycles. The minimum atomic E-state index is -0.360. The zero-order chi connectivity index (χ0) is 18.5. The van der Waals surface area contributed by atoms with Crippen molar-refractivity contribution in [3.63, 3.8) is 0 Å². The summed E-state index contributed by atoms with van der Waals surface area (Å²) in [6.45, 7) is 7.03. The number of carbonyl (C=O) groups excluding carboxylic acids is 1. The van der Waals surface area contributed by atoms with Crippen LogP contribution in [-0.4, -0.2) is 40.0 Å². The lowest BCUT2D eigenvalue weighted by molar-refractivity contribution is -0.127. The summed E-state index contributed by atoms with van der Waals surface area (Å²) in [6.07, 6.45) is 5.20. The van der Waals surface area contributed by atoms with E-state index in [1.165, 1.54) is 18.6 Å². The molecule has 0 aliphatic carbocycles. The second kappa shape index (κ2) is 8.45. The number of aromatic nitrogens is 2. The lowest BCUT2D eigenvalue weighted by Gasteiger charge is -2.34. The number of hydrogen-bond acceptors (Lipinski definition) is 3. The number of amides is 1. The molecule has 2 aromatic rings. The van der Waals surface area contributed by atoms with Gasteiger partial charge >= 0.3 is 0 Å². The number of likely N-dealkylation sites (tertiary alicyclic amines) is 1. The number of halogens is 1. The normalized spacial score (nSPS) is 16.4. The van der Waals surface area contributed by atoms with Gasteiger partial charge in [-0.1, -0.05) is 18.6 Å². The first-order valence-electron chi connectivity index (χ1n) is 9.32. The highest BCUT2D eigenvalue weighted by molar-refractivity contribution is 5.83. The van der Waals surface area contributed by atoms with Crippen LogP contribution in [0.1, 0.15) is 42.3 Å².